The summed E-state index contributed by atoms with van der Waals surface area (Å²) in [7, 11) is -1.60. The Labute approximate surface area is 45.5 Å². The molecule has 1 N–H and O–H groups in total. The average molecular weight is 119 g/mol. The Morgan fingerprint density at radius 1 is 1.71 bits per heavy atom. The minimum Gasteiger partial charge on any atom is -0.396 e. The lowest BCUT2D eigenvalue weighted by Gasteiger charge is -1.92. The molecular formula is C4H11O2Si. The zero-order chi connectivity index (χ0) is 5.70. The van der Waals surface area contributed by atoms with E-state index in [1.165, 1.54) is 0 Å². The van der Waals surface area contributed by atoms with E-state index in [0.29, 0.717) is 6.42 Å². The zero-order valence-corrected chi connectivity index (χ0v) is 5.71. The van der Waals surface area contributed by atoms with Crippen LogP contribution in [0.15, 0.2) is 0 Å². The van der Waals surface area contributed by atoms with Crippen LogP contribution in [0.2, 0.25) is 12.6 Å². The molecule has 0 fully saturated rings. The summed E-state index contributed by atoms with van der Waals surface area (Å²) in [4.78, 5) is 10.3. The largest absolute Gasteiger partial charge is 0.396 e. The Balaban J connectivity index is 2.68. The Hall–Kier alpha value is 0.137. The first-order valence-electron chi connectivity index (χ1n) is 2.54. The summed E-state index contributed by atoms with van der Waals surface area (Å²) >= 11 is 0. The summed E-state index contributed by atoms with van der Waals surface area (Å²) < 4.78 is 0. The van der Waals surface area contributed by atoms with Gasteiger partial charge in [-0.25, -0.2) is 0 Å². The van der Waals surface area contributed by atoms with Crippen LogP contribution in [0.1, 0.15) is 6.42 Å². The fraction of sp³-hybridized carbons (Fsp3) is 1.00. The highest BCUT2D eigenvalue weighted by molar-refractivity contribution is 6.48. The van der Waals surface area contributed by atoms with Gasteiger partial charge in [0.05, 0.1) is 0 Å². The fourth-order valence-electron chi connectivity index (χ4n) is 0.379. The third-order valence-electron chi connectivity index (χ3n) is 0.769. The molecule has 3 heteroatoms. The summed E-state index contributed by atoms with van der Waals surface area (Å²) in [5, 5.41) is 8.20. The molecule has 0 amide bonds. The molecule has 1 atom stereocenters. The minimum atomic E-state index is -1.60. The van der Waals surface area contributed by atoms with Crippen molar-refractivity contribution in [2.45, 2.75) is 19.0 Å². The lowest BCUT2D eigenvalue weighted by molar-refractivity contribution is 0.292. The van der Waals surface area contributed by atoms with Gasteiger partial charge in [0.15, 0.2) is 0 Å². The van der Waals surface area contributed by atoms with Gasteiger partial charge in [-0.1, -0.05) is 0 Å². The molecule has 0 rings (SSSR count). The van der Waals surface area contributed by atoms with Gasteiger partial charge in [0, 0.05) is 6.61 Å². The third-order valence-corrected chi connectivity index (χ3v) is 1.99. The average Bonchev–Trinajstić information content (AvgIpc) is 1.61. The Kier molecular flexibility index (Phi) is 4.38. The van der Waals surface area contributed by atoms with Crippen LogP contribution in [-0.4, -0.2) is 20.8 Å². The first kappa shape index (κ1) is 7.14. The predicted octanol–water partition coefficient (Wildman–Crippen LogP) is 0.153. The molecule has 1 radical (unpaired) electrons. The SMILES string of the molecule is C[SiH]([O])CCCO. The normalized spacial score (nSPS) is 14.1. The second kappa shape index (κ2) is 4.30. The van der Waals surface area contributed by atoms with Crippen LogP contribution in [0.4, 0.5) is 0 Å². The summed E-state index contributed by atoms with van der Waals surface area (Å²) in [6.07, 6.45) is 0.705. The molecule has 0 saturated heterocycles. The predicted molar refractivity (Wildman–Crippen MR) is 30.2 cm³/mol. The topological polar surface area (TPSA) is 40.1 Å². The highest BCUT2D eigenvalue weighted by Gasteiger charge is 1.97. The molecule has 0 aromatic carbocycles. The maximum absolute atomic E-state index is 10.3. The van der Waals surface area contributed by atoms with Gasteiger partial charge in [-0.05, 0) is 19.0 Å². The molecule has 7 heavy (non-hydrogen) atoms. The van der Waals surface area contributed by atoms with Crippen molar-refractivity contribution >= 4 is 9.04 Å². The first-order valence-corrected chi connectivity index (χ1v) is 4.98. The van der Waals surface area contributed by atoms with Crippen LogP contribution >= 0.6 is 0 Å². The van der Waals surface area contributed by atoms with E-state index in [1.54, 1.807) is 6.55 Å². The van der Waals surface area contributed by atoms with E-state index in [4.69, 9.17) is 5.11 Å². The van der Waals surface area contributed by atoms with Crippen LogP contribution in [0, 0.1) is 0 Å². The highest BCUT2D eigenvalue weighted by atomic mass is 28.3. The minimum absolute atomic E-state index is 0.180. The van der Waals surface area contributed by atoms with E-state index < -0.39 is 9.04 Å². The third kappa shape index (κ3) is 6.14. The van der Waals surface area contributed by atoms with Crippen LogP contribution in [0.25, 0.3) is 0 Å². The molecule has 0 spiro atoms. The van der Waals surface area contributed by atoms with E-state index in [2.05, 4.69) is 0 Å². The van der Waals surface area contributed by atoms with Gasteiger partial charge < -0.3 is 9.90 Å². The van der Waals surface area contributed by atoms with E-state index in [9.17, 15) is 4.80 Å². The van der Waals surface area contributed by atoms with Gasteiger partial charge in [0.1, 0.15) is 0 Å². The van der Waals surface area contributed by atoms with Crippen molar-refractivity contribution in [2.75, 3.05) is 6.61 Å². The van der Waals surface area contributed by atoms with Crippen molar-refractivity contribution in [2.24, 2.45) is 0 Å². The molecule has 0 bridgehead atoms. The molecule has 0 aliphatic rings. The van der Waals surface area contributed by atoms with Crippen LogP contribution in [-0.2, 0) is 4.80 Å². The summed E-state index contributed by atoms with van der Waals surface area (Å²) in [5.74, 6) is 0. The Morgan fingerprint density at radius 2 is 2.29 bits per heavy atom. The number of aliphatic hydroxyl groups is 1. The van der Waals surface area contributed by atoms with E-state index in [0.717, 1.165) is 6.04 Å². The standard InChI is InChI=1S/C4H11O2Si/c1-7(6)4-2-3-5/h5,7H,2-4H2,1H3. The van der Waals surface area contributed by atoms with E-state index >= 15 is 0 Å². The lowest BCUT2D eigenvalue weighted by atomic mass is 10.5. The van der Waals surface area contributed by atoms with Crippen LogP contribution < -0.4 is 0 Å². The molecular weight excluding hydrogens is 108 g/mol. The Morgan fingerprint density at radius 3 is 2.43 bits per heavy atom. The molecule has 1 unspecified atom stereocenters. The van der Waals surface area contributed by atoms with Gasteiger partial charge in [0.25, 0.3) is 0 Å². The fourth-order valence-corrected chi connectivity index (χ4v) is 1.14. The van der Waals surface area contributed by atoms with E-state index in [-0.39, 0.29) is 6.61 Å². The first-order chi connectivity index (χ1) is 3.27. The van der Waals surface area contributed by atoms with Gasteiger partial charge in [-0.15, -0.1) is 0 Å². The van der Waals surface area contributed by atoms with Crippen molar-refractivity contribution in [1.82, 2.24) is 0 Å². The van der Waals surface area contributed by atoms with Crippen molar-refractivity contribution in [1.29, 1.82) is 0 Å². The second-order valence-corrected chi connectivity index (χ2v) is 3.88. The van der Waals surface area contributed by atoms with Crippen molar-refractivity contribution < 1.29 is 9.90 Å². The smallest absolute Gasteiger partial charge is 0.219 e. The summed E-state index contributed by atoms with van der Waals surface area (Å²) in [5.41, 5.74) is 0. The number of aliphatic hydroxyl groups excluding tert-OH is 1. The van der Waals surface area contributed by atoms with Gasteiger partial charge in [-0.3, -0.25) is 0 Å². The van der Waals surface area contributed by atoms with Crippen molar-refractivity contribution in [3.05, 3.63) is 0 Å². The van der Waals surface area contributed by atoms with Crippen molar-refractivity contribution in [3.8, 4) is 0 Å². The van der Waals surface area contributed by atoms with Gasteiger partial charge >= 0.3 is 0 Å². The molecule has 0 aromatic heterocycles. The molecule has 0 heterocycles. The molecule has 43 valence electrons. The quantitative estimate of drug-likeness (QED) is 0.528. The number of hydrogen-bond acceptors (Lipinski definition) is 1. The molecule has 0 aromatic rings. The van der Waals surface area contributed by atoms with Crippen LogP contribution in [0.5, 0.6) is 0 Å². The molecule has 0 saturated carbocycles. The van der Waals surface area contributed by atoms with E-state index in [1.807, 2.05) is 0 Å². The maximum atomic E-state index is 10.3. The molecule has 0 aliphatic heterocycles. The van der Waals surface area contributed by atoms with Gasteiger partial charge in [-0.2, -0.15) is 0 Å². The zero-order valence-electron chi connectivity index (χ0n) is 4.55. The summed E-state index contributed by atoms with van der Waals surface area (Å²) in [6.45, 7) is 1.93. The molecule has 2 nitrogen and oxygen atoms in total. The second-order valence-electron chi connectivity index (χ2n) is 1.68. The molecule has 0 aliphatic carbocycles. The van der Waals surface area contributed by atoms with Crippen LogP contribution in [0.3, 0.4) is 0 Å². The monoisotopic (exact) mass is 119 g/mol. The lowest BCUT2D eigenvalue weighted by Crippen LogP contribution is -2.02. The number of hydrogen-bond donors (Lipinski definition) is 1. The van der Waals surface area contributed by atoms with Crippen molar-refractivity contribution in [3.63, 3.8) is 0 Å². The van der Waals surface area contributed by atoms with Gasteiger partial charge in [0.2, 0.25) is 9.04 Å². The highest BCUT2D eigenvalue weighted by Crippen LogP contribution is 1.91. The Bertz CT molecular complexity index is 38.7. The summed E-state index contributed by atoms with van der Waals surface area (Å²) in [6, 6.07) is 0.733. The number of rotatable bonds is 3. The maximum Gasteiger partial charge on any atom is 0.219 e.